The number of hydrogen-bond donors (Lipinski definition) is 1. The van der Waals surface area contributed by atoms with Crippen LogP contribution >= 0.6 is 0 Å². The van der Waals surface area contributed by atoms with E-state index in [0.717, 1.165) is 41.8 Å². The van der Waals surface area contributed by atoms with Gasteiger partial charge in [0, 0.05) is 23.1 Å². The molecule has 0 atom stereocenters. The molecule has 0 saturated heterocycles. The monoisotopic (exact) mass is 204 g/mol. The summed E-state index contributed by atoms with van der Waals surface area (Å²) in [7, 11) is 0. The molecule has 15 heavy (non-hydrogen) atoms. The average molecular weight is 204 g/mol. The van der Waals surface area contributed by atoms with Crippen LogP contribution in [0.25, 0.3) is 6.08 Å². The van der Waals surface area contributed by atoms with Gasteiger partial charge in [-0.25, -0.2) is 0 Å². The second kappa shape index (κ2) is 5.54. The molecule has 2 nitrogen and oxygen atoms in total. The number of aryl methyl sites for hydroxylation is 2. The first-order valence-corrected chi connectivity index (χ1v) is 5.61. The number of anilines is 1. The zero-order valence-corrected chi connectivity index (χ0v) is 9.88. The largest absolute Gasteiger partial charge is 0.398 e. The molecule has 1 rings (SSSR count). The van der Waals surface area contributed by atoms with Crippen LogP contribution in [0, 0.1) is 6.92 Å². The fourth-order valence-corrected chi connectivity index (χ4v) is 1.54. The van der Waals surface area contributed by atoms with Crippen LogP contribution in [0.5, 0.6) is 0 Å². The first-order valence-electron chi connectivity index (χ1n) is 5.61. The lowest BCUT2D eigenvalue weighted by Crippen LogP contribution is -2.00. The van der Waals surface area contributed by atoms with Gasteiger partial charge in [-0.2, -0.15) is 0 Å². The fraction of sp³-hybridized carbons (Fsp3) is 0.462. The Morgan fingerprint density at radius 2 is 2.13 bits per heavy atom. The van der Waals surface area contributed by atoms with Crippen molar-refractivity contribution in [3.8, 4) is 0 Å². The van der Waals surface area contributed by atoms with E-state index in [1.54, 1.807) is 0 Å². The third kappa shape index (κ3) is 2.82. The van der Waals surface area contributed by atoms with Crippen molar-refractivity contribution in [2.24, 2.45) is 0 Å². The van der Waals surface area contributed by atoms with E-state index in [9.17, 15) is 0 Å². The van der Waals surface area contributed by atoms with Gasteiger partial charge in [0.2, 0.25) is 0 Å². The van der Waals surface area contributed by atoms with E-state index in [4.69, 9.17) is 5.73 Å². The summed E-state index contributed by atoms with van der Waals surface area (Å²) in [6, 6.07) is 0. The first kappa shape index (κ1) is 11.8. The van der Waals surface area contributed by atoms with E-state index < -0.39 is 0 Å². The summed E-state index contributed by atoms with van der Waals surface area (Å²) >= 11 is 0. The molecule has 0 unspecified atom stereocenters. The molecule has 0 aromatic carbocycles. The minimum absolute atomic E-state index is 0.886. The van der Waals surface area contributed by atoms with Gasteiger partial charge in [0.25, 0.3) is 0 Å². The molecule has 0 spiro atoms. The van der Waals surface area contributed by atoms with Gasteiger partial charge in [0.05, 0.1) is 0 Å². The topological polar surface area (TPSA) is 38.9 Å². The quantitative estimate of drug-likeness (QED) is 0.816. The SMILES string of the molecule is CCC/C=C\c1c(C)ncc(CC)c1N. The molecule has 2 heteroatoms. The number of nitrogen functional groups attached to an aromatic ring is 1. The summed E-state index contributed by atoms with van der Waals surface area (Å²) < 4.78 is 0. The van der Waals surface area contributed by atoms with Gasteiger partial charge in [0.15, 0.2) is 0 Å². The van der Waals surface area contributed by atoms with Crippen LogP contribution in [0.3, 0.4) is 0 Å². The summed E-state index contributed by atoms with van der Waals surface area (Å²) in [6.45, 7) is 6.27. The second-order valence-electron chi connectivity index (χ2n) is 3.74. The van der Waals surface area contributed by atoms with Crippen LogP contribution in [0.1, 0.15) is 43.5 Å². The maximum absolute atomic E-state index is 6.09. The summed E-state index contributed by atoms with van der Waals surface area (Å²) in [5.41, 5.74) is 10.2. The molecule has 82 valence electrons. The summed E-state index contributed by atoms with van der Waals surface area (Å²) in [5.74, 6) is 0. The molecule has 0 amide bonds. The third-order valence-electron chi connectivity index (χ3n) is 2.56. The Kier molecular flexibility index (Phi) is 4.35. The predicted molar refractivity (Wildman–Crippen MR) is 66.7 cm³/mol. The van der Waals surface area contributed by atoms with Gasteiger partial charge in [0.1, 0.15) is 0 Å². The lowest BCUT2D eigenvalue weighted by Gasteiger charge is -2.08. The minimum Gasteiger partial charge on any atom is -0.398 e. The minimum atomic E-state index is 0.886. The zero-order chi connectivity index (χ0) is 11.3. The summed E-state index contributed by atoms with van der Waals surface area (Å²) in [4.78, 5) is 4.36. The molecule has 0 aliphatic heterocycles. The second-order valence-corrected chi connectivity index (χ2v) is 3.74. The zero-order valence-electron chi connectivity index (χ0n) is 9.88. The van der Waals surface area contributed by atoms with Crippen molar-refractivity contribution < 1.29 is 0 Å². The highest BCUT2D eigenvalue weighted by Crippen LogP contribution is 2.21. The van der Waals surface area contributed by atoms with E-state index in [2.05, 4.69) is 31.0 Å². The maximum atomic E-state index is 6.09. The van der Waals surface area contributed by atoms with E-state index in [0.29, 0.717) is 0 Å². The molecule has 1 heterocycles. The van der Waals surface area contributed by atoms with Gasteiger partial charge < -0.3 is 5.73 Å². The fourth-order valence-electron chi connectivity index (χ4n) is 1.54. The third-order valence-corrected chi connectivity index (χ3v) is 2.56. The van der Waals surface area contributed by atoms with E-state index >= 15 is 0 Å². The van der Waals surface area contributed by atoms with E-state index in [1.165, 1.54) is 0 Å². The Morgan fingerprint density at radius 1 is 1.40 bits per heavy atom. The number of rotatable bonds is 4. The van der Waals surface area contributed by atoms with Crippen LogP contribution in [0.15, 0.2) is 12.3 Å². The van der Waals surface area contributed by atoms with Crippen molar-refractivity contribution in [3.05, 3.63) is 29.1 Å². The predicted octanol–water partition coefficient (Wildman–Crippen LogP) is 3.35. The van der Waals surface area contributed by atoms with Crippen LogP contribution in [-0.2, 0) is 6.42 Å². The first-order chi connectivity index (χ1) is 7.20. The van der Waals surface area contributed by atoms with Crippen molar-refractivity contribution in [2.75, 3.05) is 5.73 Å². The number of hydrogen-bond acceptors (Lipinski definition) is 2. The highest BCUT2D eigenvalue weighted by atomic mass is 14.7. The van der Waals surface area contributed by atoms with Crippen molar-refractivity contribution in [1.82, 2.24) is 4.98 Å². The Hall–Kier alpha value is -1.31. The molecular weight excluding hydrogens is 184 g/mol. The highest BCUT2D eigenvalue weighted by Gasteiger charge is 2.05. The molecule has 0 aliphatic carbocycles. The Morgan fingerprint density at radius 3 is 2.73 bits per heavy atom. The van der Waals surface area contributed by atoms with Crippen molar-refractivity contribution in [3.63, 3.8) is 0 Å². The number of pyridine rings is 1. The van der Waals surface area contributed by atoms with Crippen LogP contribution in [-0.4, -0.2) is 4.98 Å². The molecule has 0 saturated carbocycles. The number of nitrogens with zero attached hydrogens (tertiary/aromatic N) is 1. The number of nitrogens with two attached hydrogens (primary N) is 1. The summed E-state index contributed by atoms with van der Waals surface area (Å²) in [5, 5.41) is 0. The molecule has 0 aliphatic rings. The van der Waals surface area contributed by atoms with E-state index in [1.807, 2.05) is 13.1 Å². The molecular formula is C13H20N2. The van der Waals surface area contributed by atoms with Gasteiger partial charge in [-0.15, -0.1) is 0 Å². The van der Waals surface area contributed by atoms with Crippen LogP contribution < -0.4 is 5.73 Å². The van der Waals surface area contributed by atoms with E-state index in [-0.39, 0.29) is 0 Å². The van der Waals surface area contributed by atoms with Crippen molar-refractivity contribution in [2.45, 2.75) is 40.0 Å². The highest BCUT2D eigenvalue weighted by molar-refractivity contribution is 5.68. The Bertz CT molecular complexity index is 354. The van der Waals surface area contributed by atoms with Gasteiger partial charge in [-0.3, -0.25) is 4.98 Å². The number of aromatic nitrogens is 1. The Labute approximate surface area is 92.2 Å². The van der Waals surface area contributed by atoms with Crippen LogP contribution in [0.2, 0.25) is 0 Å². The van der Waals surface area contributed by atoms with Crippen molar-refractivity contribution in [1.29, 1.82) is 0 Å². The Balaban J connectivity index is 3.04. The van der Waals surface area contributed by atoms with Gasteiger partial charge in [-0.1, -0.05) is 32.4 Å². The molecule has 1 aromatic heterocycles. The maximum Gasteiger partial charge on any atom is 0.0465 e. The normalized spacial score (nSPS) is 11.1. The lowest BCUT2D eigenvalue weighted by molar-refractivity contribution is 0.962. The average Bonchev–Trinajstić information content (AvgIpc) is 2.23. The smallest absolute Gasteiger partial charge is 0.0465 e. The lowest BCUT2D eigenvalue weighted by atomic mass is 10.1. The molecule has 2 N–H and O–H groups in total. The van der Waals surface area contributed by atoms with Crippen molar-refractivity contribution >= 4 is 11.8 Å². The molecule has 0 radical (unpaired) electrons. The van der Waals surface area contributed by atoms with Crippen LogP contribution in [0.4, 0.5) is 5.69 Å². The summed E-state index contributed by atoms with van der Waals surface area (Å²) in [6.07, 6.45) is 9.33. The molecule has 0 bridgehead atoms. The number of allylic oxidation sites excluding steroid dienone is 1. The standard InChI is InChI=1S/C13H20N2/c1-4-6-7-8-12-10(3)15-9-11(5-2)13(12)14/h7-9H,4-6H2,1-3H3,(H2,14,15)/b8-7-. The van der Waals surface area contributed by atoms with Gasteiger partial charge >= 0.3 is 0 Å². The molecule has 0 fully saturated rings. The van der Waals surface area contributed by atoms with Gasteiger partial charge in [-0.05, 0) is 25.3 Å². The molecule has 1 aromatic rings. The number of unbranched alkanes of at least 4 members (excludes halogenated alkanes) is 1.